The van der Waals surface area contributed by atoms with Gasteiger partial charge in [0, 0.05) is 25.7 Å². The van der Waals surface area contributed by atoms with E-state index in [1.807, 2.05) is 6.07 Å². The molecular weight excluding hydrogens is 292 g/mol. The fraction of sp³-hybridized carbons (Fsp3) is 0.706. The molecule has 1 N–H and O–H groups in total. The van der Waals surface area contributed by atoms with E-state index < -0.39 is 0 Å². The lowest BCUT2D eigenvalue weighted by atomic mass is 9.81. The van der Waals surface area contributed by atoms with Crippen molar-refractivity contribution >= 4 is 17.6 Å². The molecule has 1 aliphatic heterocycles. The molecule has 2 saturated carbocycles. The summed E-state index contributed by atoms with van der Waals surface area (Å²) in [5, 5.41) is 3.39. The van der Waals surface area contributed by atoms with E-state index in [4.69, 9.17) is 4.74 Å². The fourth-order valence-electron chi connectivity index (χ4n) is 4.19. The van der Waals surface area contributed by atoms with Gasteiger partial charge in [-0.05, 0) is 37.5 Å². The first-order valence-corrected chi connectivity index (χ1v) is 8.60. The Hall–Kier alpha value is -1.85. The summed E-state index contributed by atoms with van der Waals surface area (Å²) in [5.41, 5.74) is -0.332. The molecule has 0 aromatic carbocycles. The van der Waals surface area contributed by atoms with Crippen LogP contribution >= 0.6 is 0 Å². The zero-order chi connectivity index (χ0) is 15.9. The lowest BCUT2D eigenvalue weighted by Crippen LogP contribution is -2.37. The summed E-state index contributed by atoms with van der Waals surface area (Å²) in [6.45, 7) is 2.59. The number of nitrogens with zero attached hydrogens (tertiary/aromatic N) is 3. The van der Waals surface area contributed by atoms with Crippen LogP contribution in [0, 0.1) is 17.3 Å². The Morgan fingerprint density at radius 1 is 1.43 bits per heavy atom. The molecule has 6 heteroatoms. The second kappa shape index (κ2) is 5.65. The molecule has 124 valence electrons. The summed E-state index contributed by atoms with van der Waals surface area (Å²) in [5.74, 6) is 2.93. The van der Waals surface area contributed by atoms with Gasteiger partial charge in [0.25, 0.3) is 0 Å². The normalized spacial score (nSPS) is 29.4. The van der Waals surface area contributed by atoms with Crippen molar-refractivity contribution in [3.8, 4) is 0 Å². The first kappa shape index (κ1) is 14.7. The van der Waals surface area contributed by atoms with Crippen molar-refractivity contribution in [2.45, 2.75) is 32.1 Å². The molecule has 0 bridgehead atoms. The minimum atomic E-state index is -0.332. The van der Waals surface area contributed by atoms with E-state index in [2.05, 4.69) is 20.2 Å². The van der Waals surface area contributed by atoms with Crippen LogP contribution < -0.4 is 10.2 Å². The Morgan fingerprint density at radius 2 is 2.30 bits per heavy atom. The van der Waals surface area contributed by atoms with Crippen molar-refractivity contribution in [3.63, 3.8) is 0 Å². The summed E-state index contributed by atoms with van der Waals surface area (Å²) in [7, 11) is 1.50. The number of nitrogens with one attached hydrogen (secondary N) is 1. The van der Waals surface area contributed by atoms with Crippen LogP contribution in [0.25, 0.3) is 0 Å². The van der Waals surface area contributed by atoms with E-state index in [0.29, 0.717) is 12.5 Å². The highest BCUT2D eigenvalue weighted by Gasteiger charge is 2.55. The number of methoxy groups -OCH3 is 1. The van der Waals surface area contributed by atoms with Crippen LogP contribution in [0.15, 0.2) is 12.4 Å². The lowest BCUT2D eigenvalue weighted by molar-refractivity contribution is -0.152. The number of fused-ring (bicyclic) bond motifs is 1. The molecule has 1 saturated heterocycles. The van der Waals surface area contributed by atoms with Gasteiger partial charge in [0.15, 0.2) is 0 Å². The van der Waals surface area contributed by atoms with Gasteiger partial charge >= 0.3 is 5.97 Å². The molecule has 0 spiro atoms. The van der Waals surface area contributed by atoms with Crippen LogP contribution in [0.5, 0.6) is 0 Å². The largest absolute Gasteiger partial charge is 0.469 e. The van der Waals surface area contributed by atoms with Crippen LogP contribution in [-0.2, 0) is 9.53 Å². The zero-order valence-corrected chi connectivity index (χ0v) is 13.6. The molecular formula is C17H24N4O2. The SMILES string of the molecule is COC(=O)C12CCCC1CN(c1cc(NCC3CC3)ncn1)C2. The zero-order valence-electron chi connectivity index (χ0n) is 13.6. The first-order chi connectivity index (χ1) is 11.2. The third-order valence-electron chi connectivity index (χ3n) is 5.71. The molecule has 23 heavy (non-hydrogen) atoms. The molecule has 0 radical (unpaired) electrons. The second-order valence-electron chi connectivity index (χ2n) is 7.20. The lowest BCUT2D eigenvalue weighted by Gasteiger charge is -2.25. The van der Waals surface area contributed by atoms with E-state index in [9.17, 15) is 4.79 Å². The van der Waals surface area contributed by atoms with Crippen LogP contribution in [0.1, 0.15) is 32.1 Å². The number of esters is 1. The van der Waals surface area contributed by atoms with E-state index in [1.165, 1.54) is 20.0 Å². The molecule has 2 unspecified atom stereocenters. The van der Waals surface area contributed by atoms with E-state index in [1.54, 1.807) is 6.33 Å². The van der Waals surface area contributed by atoms with Crippen molar-refractivity contribution in [2.24, 2.45) is 17.3 Å². The molecule has 2 aliphatic carbocycles. The monoisotopic (exact) mass is 316 g/mol. The highest BCUT2D eigenvalue weighted by atomic mass is 16.5. The van der Waals surface area contributed by atoms with Crippen molar-refractivity contribution in [1.82, 2.24) is 9.97 Å². The second-order valence-corrected chi connectivity index (χ2v) is 7.20. The summed E-state index contributed by atoms with van der Waals surface area (Å²) in [6.07, 6.45) is 7.40. The van der Waals surface area contributed by atoms with E-state index in [0.717, 1.165) is 49.9 Å². The summed E-state index contributed by atoms with van der Waals surface area (Å²) in [6, 6.07) is 2.01. The van der Waals surface area contributed by atoms with Crippen molar-refractivity contribution in [3.05, 3.63) is 12.4 Å². The quantitative estimate of drug-likeness (QED) is 0.839. The third-order valence-corrected chi connectivity index (χ3v) is 5.71. The molecule has 1 aromatic heterocycles. The van der Waals surface area contributed by atoms with Crippen molar-refractivity contribution in [1.29, 1.82) is 0 Å². The molecule has 6 nitrogen and oxygen atoms in total. The maximum absolute atomic E-state index is 12.4. The number of ether oxygens (including phenoxy) is 1. The topological polar surface area (TPSA) is 67.3 Å². The van der Waals surface area contributed by atoms with Gasteiger partial charge in [-0.3, -0.25) is 4.79 Å². The van der Waals surface area contributed by atoms with Gasteiger partial charge in [-0.15, -0.1) is 0 Å². The number of hydrogen-bond acceptors (Lipinski definition) is 6. The molecule has 3 aliphatic rings. The first-order valence-electron chi connectivity index (χ1n) is 8.60. The highest BCUT2D eigenvalue weighted by Crippen LogP contribution is 2.50. The summed E-state index contributed by atoms with van der Waals surface area (Å²) >= 11 is 0. The van der Waals surface area contributed by atoms with Crippen LogP contribution in [0.2, 0.25) is 0 Å². The molecule has 1 aromatic rings. The minimum Gasteiger partial charge on any atom is -0.469 e. The van der Waals surface area contributed by atoms with Gasteiger partial charge in [-0.25, -0.2) is 9.97 Å². The molecule has 3 fully saturated rings. The van der Waals surface area contributed by atoms with Gasteiger partial charge in [-0.2, -0.15) is 0 Å². The minimum absolute atomic E-state index is 0.0522. The Labute approximate surface area is 136 Å². The van der Waals surface area contributed by atoms with Gasteiger partial charge in [0.2, 0.25) is 0 Å². The van der Waals surface area contributed by atoms with Gasteiger partial charge < -0.3 is 15.0 Å². The number of hydrogen-bond donors (Lipinski definition) is 1. The summed E-state index contributed by atoms with van der Waals surface area (Å²) in [4.78, 5) is 23.3. The maximum atomic E-state index is 12.4. The Balaban J connectivity index is 1.50. The fourth-order valence-corrected chi connectivity index (χ4v) is 4.19. The number of anilines is 2. The number of carbonyl (C=O) groups excluding carboxylic acids is 1. The Bertz CT molecular complexity index is 604. The standard InChI is InChI=1S/C17H24N4O2/c1-23-16(22)17-6-2-3-13(17)9-21(10-17)15-7-14(19-11-20-15)18-8-12-4-5-12/h7,11-13H,2-6,8-10H2,1H3,(H,18,19,20). The maximum Gasteiger partial charge on any atom is 0.313 e. The van der Waals surface area contributed by atoms with Gasteiger partial charge in [0.05, 0.1) is 12.5 Å². The molecule has 2 atom stereocenters. The van der Waals surface area contributed by atoms with Crippen LogP contribution in [0.3, 0.4) is 0 Å². The van der Waals surface area contributed by atoms with Crippen molar-refractivity contribution in [2.75, 3.05) is 37.0 Å². The molecule has 4 rings (SSSR count). The highest BCUT2D eigenvalue weighted by molar-refractivity contribution is 5.79. The van der Waals surface area contributed by atoms with Crippen molar-refractivity contribution < 1.29 is 9.53 Å². The smallest absolute Gasteiger partial charge is 0.313 e. The number of rotatable bonds is 5. The van der Waals surface area contributed by atoms with Gasteiger partial charge in [0.1, 0.15) is 18.0 Å². The number of aromatic nitrogens is 2. The average Bonchev–Trinajstić information content (AvgIpc) is 3.20. The van der Waals surface area contributed by atoms with E-state index in [-0.39, 0.29) is 11.4 Å². The Morgan fingerprint density at radius 3 is 3.09 bits per heavy atom. The molecule has 2 heterocycles. The number of carbonyl (C=O) groups is 1. The predicted molar refractivity (Wildman–Crippen MR) is 87.2 cm³/mol. The summed E-state index contributed by atoms with van der Waals surface area (Å²) < 4.78 is 5.11. The van der Waals surface area contributed by atoms with Crippen LogP contribution in [0.4, 0.5) is 11.6 Å². The van der Waals surface area contributed by atoms with Crippen LogP contribution in [-0.4, -0.2) is 42.7 Å². The third kappa shape index (κ3) is 2.64. The molecule has 0 amide bonds. The van der Waals surface area contributed by atoms with E-state index >= 15 is 0 Å². The average molecular weight is 316 g/mol. The predicted octanol–water partition coefficient (Wildman–Crippen LogP) is 2.08. The van der Waals surface area contributed by atoms with Gasteiger partial charge in [-0.1, -0.05) is 6.42 Å². The Kier molecular flexibility index (Phi) is 3.62.